The van der Waals surface area contributed by atoms with Crippen molar-refractivity contribution in [2.45, 2.75) is 187 Å². The summed E-state index contributed by atoms with van der Waals surface area (Å²) >= 11 is 0. The number of carbonyl (C=O) groups excluding carboxylic acids is 2. The van der Waals surface area contributed by atoms with Crippen LogP contribution in [0.1, 0.15) is 168 Å². The summed E-state index contributed by atoms with van der Waals surface area (Å²) in [7, 11) is 0. The largest absolute Gasteiger partial charge is 0.458 e. The first-order valence-corrected chi connectivity index (χ1v) is 20.9. The molecule has 0 fully saturated rings. The highest BCUT2D eigenvalue weighted by molar-refractivity contribution is 5.78. The minimum Gasteiger partial charge on any atom is -0.458 e. The van der Waals surface area contributed by atoms with Crippen LogP contribution in [-0.2, 0) is 14.3 Å². The van der Waals surface area contributed by atoms with Crippen LogP contribution in [-0.4, -0.2) is 46.9 Å². The predicted octanol–water partition coefficient (Wildman–Crippen LogP) is 11.7. The highest BCUT2D eigenvalue weighted by Crippen LogP contribution is 2.14. The normalized spacial score (nSPS) is 14.3. The van der Waals surface area contributed by atoms with E-state index >= 15 is 0 Å². The first kappa shape index (κ1) is 49.0. The van der Waals surface area contributed by atoms with Crippen LogP contribution in [0.2, 0.25) is 0 Å². The fourth-order valence-corrected chi connectivity index (χ4v) is 5.66. The van der Waals surface area contributed by atoms with Crippen molar-refractivity contribution in [1.29, 1.82) is 0 Å². The summed E-state index contributed by atoms with van der Waals surface area (Å²) in [5.74, 6) is -0.705. The zero-order valence-corrected chi connectivity index (χ0v) is 33.4. The van der Waals surface area contributed by atoms with E-state index in [1.807, 2.05) is 60.8 Å². The fraction of sp³-hybridized carbons (Fsp3) is 0.652. The minimum atomic E-state index is -0.824. The lowest BCUT2D eigenvalue weighted by Crippen LogP contribution is -2.46. The number of hydrogen-bond acceptors (Lipinski definition) is 5. The van der Waals surface area contributed by atoms with Crippen LogP contribution < -0.4 is 5.32 Å². The number of rotatable bonds is 35. The molecule has 0 heterocycles. The third-order valence-corrected chi connectivity index (χ3v) is 8.83. The SMILES string of the molecule is CC/C=C/C=C/C=C\C=C/C=C/CCCC(=O)OC(/C=C/C/C=C\CCCCCCCC)CC(=O)NC(CO)C(O)CCCCCCCCCCC. The molecule has 0 aromatic rings. The molecule has 0 aromatic heterocycles. The minimum absolute atomic E-state index is 0.0622. The average Bonchev–Trinajstić information content (AvgIpc) is 3.13. The van der Waals surface area contributed by atoms with Gasteiger partial charge in [0.25, 0.3) is 0 Å². The Kier molecular flexibility index (Phi) is 37.0. The lowest BCUT2D eigenvalue weighted by atomic mass is 10.0. The lowest BCUT2D eigenvalue weighted by molar-refractivity contribution is -0.148. The third-order valence-electron chi connectivity index (χ3n) is 8.83. The third kappa shape index (κ3) is 34.1. The molecule has 3 unspecified atom stereocenters. The summed E-state index contributed by atoms with van der Waals surface area (Å²) in [6.07, 6.45) is 49.7. The molecule has 0 aliphatic rings. The second-order valence-electron chi connectivity index (χ2n) is 13.8. The van der Waals surface area contributed by atoms with E-state index in [4.69, 9.17) is 4.74 Å². The quantitative estimate of drug-likeness (QED) is 0.0262. The Morgan fingerprint density at radius 2 is 1.15 bits per heavy atom. The summed E-state index contributed by atoms with van der Waals surface area (Å²) < 4.78 is 5.73. The van der Waals surface area contributed by atoms with Gasteiger partial charge in [-0.25, -0.2) is 0 Å². The molecule has 52 heavy (non-hydrogen) atoms. The molecule has 3 N–H and O–H groups in total. The molecule has 0 bridgehead atoms. The average molecular weight is 724 g/mol. The highest BCUT2D eigenvalue weighted by Gasteiger charge is 2.23. The van der Waals surface area contributed by atoms with Crippen LogP contribution in [0.5, 0.6) is 0 Å². The van der Waals surface area contributed by atoms with Gasteiger partial charge in [-0.3, -0.25) is 9.59 Å². The first-order valence-electron chi connectivity index (χ1n) is 20.9. The Morgan fingerprint density at radius 1 is 0.615 bits per heavy atom. The maximum Gasteiger partial charge on any atom is 0.306 e. The molecule has 0 rings (SSSR count). The Balaban J connectivity index is 4.87. The molecule has 0 aromatic carbocycles. The molecule has 0 aliphatic heterocycles. The molecule has 3 atom stereocenters. The van der Waals surface area contributed by atoms with Gasteiger partial charge in [0.05, 0.1) is 25.2 Å². The van der Waals surface area contributed by atoms with Crippen molar-refractivity contribution in [2.24, 2.45) is 0 Å². The number of nitrogens with one attached hydrogen (secondary N) is 1. The summed E-state index contributed by atoms with van der Waals surface area (Å²) in [6.45, 7) is 6.22. The molecule has 6 heteroatoms. The van der Waals surface area contributed by atoms with E-state index in [1.165, 1.54) is 77.0 Å². The summed E-state index contributed by atoms with van der Waals surface area (Å²) in [4.78, 5) is 25.8. The van der Waals surface area contributed by atoms with E-state index in [0.717, 1.165) is 38.5 Å². The first-order chi connectivity index (χ1) is 25.5. The number of aliphatic hydroxyl groups excluding tert-OH is 2. The molecule has 0 spiro atoms. The van der Waals surface area contributed by atoms with Gasteiger partial charge in [0.2, 0.25) is 5.91 Å². The Bertz CT molecular complexity index is 1040. The lowest BCUT2D eigenvalue weighted by Gasteiger charge is -2.23. The van der Waals surface area contributed by atoms with Crippen LogP contribution in [0.15, 0.2) is 85.1 Å². The van der Waals surface area contributed by atoms with Gasteiger partial charge in [0.1, 0.15) is 6.10 Å². The second-order valence-corrected chi connectivity index (χ2v) is 13.8. The Hall–Kier alpha value is -2.96. The summed E-state index contributed by atoms with van der Waals surface area (Å²) in [6, 6.07) is -0.748. The van der Waals surface area contributed by atoms with Crippen molar-refractivity contribution in [1.82, 2.24) is 5.32 Å². The van der Waals surface area contributed by atoms with E-state index in [2.05, 4.69) is 44.3 Å². The second kappa shape index (κ2) is 39.3. The standard InChI is InChI=1S/C46H77NO5/c1-4-7-10-13-16-19-21-22-24-27-30-33-36-39-46(51)52-42(37-34-31-28-26-23-20-17-14-11-8-5-2)40-45(50)47-43(41-48)44(49)38-35-32-29-25-18-15-12-9-6-3/h7,10,13,16,19,21-22,24,26-28,30,34,37,42-44,48-49H,4-6,8-9,11-12,14-15,17-18,20,23,25,29,31-33,35-36,38-41H2,1-3H3,(H,47,50)/b10-7+,16-13+,21-19-,24-22-,28-26-,30-27+,37-34+. The maximum absolute atomic E-state index is 13.0. The predicted molar refractivity (Wildman–Crippen MR) is 222 cm³/mol. The van der Waals surface area contributed by atoms with Crippen LogP contribution >= 0.6 is 0 Å². The van der Waals surface area contributed by atoms with Crippen molar-refractivity contribution in [2.75, 3.05) is 6.61 Å². The fourth-order valence-electron chi connectivity index (χ4n) is 5.66. The molecular formula is C46H77NO5. The molecule has 0 aliphatic carbocycles. The van der Waals surface area contributed by atoms with Crippen molar-refractivity contribution in [3.63, 3.8) is 0 Å². The zero-order valence-electron chi connectivity index (χ0n) is 33.4. The molecule has 0 radical (unpaired) electrons. The monoisotopic (exact) mass is 724 g/mol. The van der Waals surface area contributed by atoms with Gasteiger partial charge < -0.3 is 20.3 Å². The highest BCUT2D eigenvalue weighted by atomic mass is 16.5. The van der Waals surface area contributed by atoms with Gasteiger partial charge in [0, 0.05) is 6.42 Å². The number of allylic oxidation sites excluding steroid dienone is 13. The molecule has 0 saturated heterocycles. The summed E-state index contributed by atoms with van der Waals surface area (Å²) in [5, 5.41) is 23.4. The van der Waals surface area contributed by atoms with E-state index < -0.39 is 18.2 Å². The number of unbranched alkanes of at least 4 members (excludes halogenated alkanes) is 15. The maximum atomic E-state index is 13.0. The van der Waals surface area contributed by atoms with Crippen LogP contribution in [0.4, 0.5) is 0 Å². The van der Waals surface area contributed by atoms with Gasteiger partial charge in [-0.15, -0.1) is 0 Å². The number of ether oxygens (including phenoxy) is 1. The van der Waals surface area contributed by atoms with Gasteiger partial charge in [0.15, 0.2) is 0 Å². The number of amides is 1. The Morgan fingerprint density at radius 3 is 1.75 bits per heavy atom. The van der Waals surface area contributed by atoms with Crippen LogP contribution in [0.25, 0.3) is 0 Å². The zero-order chi connectivity index (χ0) is 38.2. The van der Waals surface area contributed by atoms with E-state index in [0.29, 0.717) is 19.3 Å². The van der Waals surface area contributed by atoms with Gasteiger partial charge in [-0.05, 0) is 51.0 Å². The van der Waals surface area contributed by atoms with Gasteiger partial charge in [-0.1, -0.05) is 190 Å². The Labute approximate surface area is 319 Å². The van der Waals surface area contributed by atoms with Crippen molar-refractivity contribution < 1.29 is 24.5 Å². The van der Waals surface area contributed by atoms with Gasteiger partial charge in [-0.2, -0.15) is 0 Å². The van der Waals surface area contributed by atoms with E-state index in [9.17, 15) is 19.8 Å². The van der Waals surface area contributed by atoms with Crippen molar-refractivity contribution in [3.8, 4) is 0 Å². The number of carbonyl (C=O) groups is 2. The molecule has 1 amide bonds. The van der Waals surface area contributed by atoms with E-state index in [-0.39, 0.29) is 31.3 Å². The van der Waals surface area contributed by atoms with E-state index in [1.54, 1.807) is 6.08 Å². The van der Waals surface area contributed by atoms with Gasteiger partial charge >= 0.3 is 5.97 Å². The van der Waals surface area contributed by atoms with Crippen molar-refractivity contribution in [3.05, 3.63) is 85.1 Å². The number of aliphatic hydroxyl groups is 2. The summed E-state index contributed by atoms with van der Waals surface area (Å²) in [5.41, 5.74) is 0. The van der Waals surface area contributed by atoms with Crippen molar-refractivity contribution >= 4 is 11.9 Å². The molecule has 0 saturated carbocycles. The number of hydrogen-bond donors (Lipinski definition) is 3. The topological polar surface area (TPSA) is 95.9 Å². The molecule has 296 valence electrons. The van der Waals surface area contributed by atoms with Crippen LogP contribution in [0, 0.1) is 0 Å². The number of esters is 1. The van der Waals surface area contributed by atoms with Crippen LogP contribution in [0.3, 0.4) is 0 Å². The molecular weight excluding hydrogens is 647 g/mol. The smallest absolute Gasteiger partial charge is 0.306 e. The molecule has 6 nitrogen and oxygen atoms in total.